The van der Waals surface area contributed by atoms with E-state index in [2.05, 4.69) is 15.8 Å². The van der Waals surface area contributed by atoms with Gasteiger partial charge in [0.05, 0.1) is 4.90 Å². The number of hydrogen-bond donors (Lipinski definition) is 2. The Balaban J connectivity index is 1.63. The van der Waals surface area contributed by atoms with Gasteiger partial charge in [0.1, 0.15) is 17.0 Å². The number of amides is 2. The molecule has 0 radical (unpaired) electrons. The fourth-order valence-electron chi connectivity index (χ4n) is 3.91. The van der Waals surface area contributed by atoms with E-state index in [1.807, 2.05) is 66.7 Å². The van der Waals surface area contributed by atoms with Gasteiger partial charge < -0.3 is 15.2 Å². The number of hydrogen-bond acceptors (Lipinski definition) is 6. The predicted molar refractivity (Wildman–Crippen MR) is 139 cm³/mol. The first-order chi connectivity index (χ1) is 17.7. The number of aromatic nitrogens is 1. The van der Waals surface area contributed by atoms with Crippen LogP contribution in [0.2, 0.25) is 0 Å². The van der Waals surface area contributed by atoms with Gasteiger partial charge in [-0.3, -0.25) is 9.59 Å². The van der Waals surface area contributed by atoms with Crippen molar-refractivity contribution in [2.24, 2.45) is 0 Å². The van der Waals surface area contributed by atoms with Gasteiger partial charge in [0.25, 0.3) is 11.8 Å². The van der Waals surface area contributed by atoms with Crippen molar-refractivity contribution in [2.75, 3.05) is 0 Å². The first kappa shape index (κ1) is 25.8. The molecule has 2 amide bonds. The fraction of sp³-hybridized carbons (Fsp3) is 0.179. The Labute approximate surface area is 215 Å². The fourth-order valence-corrected chi connectivity index (χ4v) is 5.37. The molecule has 1 aromatic heterocycles. The molecule has 0 bridgehead atoms. The van der Waals surface area contributed by atoms with Gasteiger partial charge in [-0.1, -0.05) is 71.9 Å². The summed E-state index contributed by atoms with van der Waals surface area (Å²) in [5.74, 6) is -2.26. The van der Waals surface area contributed by atoms with Gasteiger partial charge >= 0.3 is 0 Å². The van der Waals surface area contributed by atoms with Crippen molar-refractivity contribution in [1.29, 1.82) is 0 Å². The third-order valence-electron chi connectivity index (χ3n) is 5.67. The highest BCUT2D eigenvalue weighted by Gasteiger charge is 2.31. The summed E-state index contributed by atoms with van der Waals surface area (Å²) in [7, 11) is -3.88. The topological polar surface area (TPSA) is 118 Å². The highest BCUT2D eigenvalue weighted by atomic mass is 32.2. The summed E-state index contributed by atoms with van der Waals surface area (Å²) in [5.41, 5.74) is 2.94. The summed E-state index contributed by atoms with van der Waals surface area (Å²) < 4.78 is 31.7. The van der Waals surface area contributed by atoms with Gasteiger partial charge in [-0.05, 0) is 48.2 Å². The van der Waals surface area contributed by atoms with Crippen molar-refractivity contribution in [3.05, 3.63) is 118 Å². The molecule has 8 nitrogen and oxygen atoms in total. The number of nitrogens with zero attached hydrogens (tertiary/aromatic N) is 1. The number of benzene rings is 3. The molecule has 0 atom stereocenters. The quantitative estimate of drug-likeness (QED) is 0.345. The largest absolute Gasteiger partial charge is 0.350 e. The first-order valence-corrected chi connectivity index (χ1v) is 13.3. The smallest absolute Gasteiger partial charge is 0.291 e. The van der Waals surface area contributed by atoms with Crippen LogP contribution < -0.4 is 10.6 Å². The molecular weight excluding hydrogens is 490 g/mol. The molecule has 0 saturated carbocycles. The van der Waals surface area contributed by atoms with Crippen LogP contribution in [-0.2, 0) is 28.7 Å². The Morgan fingerprint density at radius 2 is 1.30 bits per heavy atom. The zero-order chi connectivity index (χ0) is 26.4. The van der Waals surface area contributed by atoms with E-state index in [0.29, 0.717) is 0 Å². The number of carbonyl (C=O) groups is 2. The van der Waals surface area contributed by atoms with E-state index in [0.717, 1.165) is 22.3 Å². The van der Waals surface area contributed by atoms with Crippen molar-refractivity contribution in [3.8, 4) is 0 Å². The lowest BCUT2D eigenvalue weighted by Gasteiger charge is -2.09. The van der Waals surface area contributed by atoms with Crippen LogP contribution in [0.3, 0.4) is 0 Å². The highest BCUT2D eigenvalue weighted by Crippen LogP contribution is 2.23. The molecule has 0 aliphatic heterocycles. The minimum atomic E-state index is -3.88. The molecule has 3 aromatic carbocycles. The van der Waals surface area contributed by atoms with Crippen molar-refractivity contribution in [2.45, 2.75) is 37.6 Å². The number of carbonyl (C=O) groups excluding carboxylic acids is 2. The maximum atomic E-state index is 13.2. The van der Waals surface area contributed by atoms with Crippen LogP contribution in [0, 0.1) is 13.8 Å². The van der Waals surface area contributed by atoms with Crippen LogP contribution in [0.25, 0.3) is 0 Å². The zero-order valence-corrected chi connectivity index (χ0v) is 21.3. The molecule has 2 N–H and O–H groups in total. The molecule has 0 aliphatic carbocycles. The van der Waals surface area contributed by atoms with Crippen molar-refractivity contribution in [3.63, 3.8) is 0 Å². The second-order valence-corrected chi connectivity index (χ2v) is 10.7. The summed E-state index contributed by atoms with van der Waals surface area (Å²) >= 11 is 0. The number of sulfone groups is 1. The van der Waals surface area contributed by atoms with E-state index in [9.17, 15) is 18.0 Å². The Hall–Kier alpha value is -4.24. The summed E-state index contributed by atoms with van der Waals surface area (Å²) in [6.45, 7) is 3.99. The SMILES string of the molecule is Cc1cc(C)cc(S(=O)(=O)Cc2noc(C(=O)NCc3ccccc3)c2C(=O)NCc2ccccc2)c1. The molecule has 0 unspecified atom stereocenters. The minimum Gasteiger partial charge on any atom is -0.350 e. The van der Waals surface area contributed by atoms with Crippen molar-refractivity contribution >= 4 is 21.7 Å². The van der Waals surface area contributed by atoms with Crippen LogP contribution in [0.5, 0.6) is 0 Å². The van der Waals surface area contributed by atoms with Crippen LogP contribution in [0.4, 0.5) is 0 Å². The first-order valence-electron chi connectivity index (χ1n) is 11.7. The maximum Gasteiger partial charge on any atom is 0.291 e. The summed E-state index contributed by atoms with van der Waals surface area (Å²) in [5, 5.41) is 9.29. The van der Waals surface area contributed by atoms with Gasteiger partial charge in [-0.25, -0.2) is 8.42 Å². The number of aryl methyl sites for hydroxylation is 2. The lowest BCUT2D eigenvalue weighted by molar-refractivity contribution is 0.0889. The van der Waals surface area contributed by atoms with Gasteiger partial charge in [0.15, 0.2) is 9.84 Å². The second kappa shape index (κ2) is 11.2. The Bertz CT molecular complexity index is 1490. The Morgan fingerprint density at radius 1 is 0.784 bits per heavy atom. The highest BCUT2D eigenvalue weighted by molar-refractivity contribution is 7.90. The van der Waals surface area contributed by atoms with Crippen LogP contribution in [-0.4, -0.2) is 25.4 Å². The molecule has 4 rings (SSSR count). The number of nitrogens with one attached hydrogen (secondary N) is 2. The zero-order valence-electron chi connectivity index (χ0n) is 20.5. The van der Waals surface area contributed by atoms with E-state index < -0.39 is 27.4 Å². The van der Waals surface area contributed by atoms with Gasteiger partial charge in [0, 0.05) is 13.1 Å². The molecule has 0 fully saturated rings. The Morgan fingerprint density at radius 3 is 1.84 bits per heavy atom. The minimum absolute atomic E-state index is 0.110. The maximum absolute atomic E-state index is 13.2. The third kappa shape index (κ3) is 6.50. The molecule has 4 aromatic rings. The van der Waals surface area contributed by atoms with E-state index in [1.54, 1.807) is 26.0 Å². The average molecular weight is 518 g/mol. The average Bonchev–Trinajstić information content (AvgIpc) is 3.29. The van der Waals surface area contributed by atoms with Gasteiger partial charge in [-0.15, -0.1) is 0 Å². The molecule has 190 valence electrons. The second-order valence-electron chi connectivity index (χ2n) is 8.75. The summed E-state index contributed by atoms with van der Waals surface area (Å²) in [6, 6.07) is 23.4. The lowest BCUT2D eigenvalue weighted by Crippen LogP contribution is -2.29. The monoisotopic (exact) mass is 517 g/mol. The van der Waals surface area contributed by atoms with E-state index in [-0.39, 0.29) is 35.0 Å². The third-order valence-corrected chi connectivity index (χ3v) is 7.28. The normalized spacial score (nSPS) is 11.2. The summed E-state index contributed by atoms with van der Waals surface area (Å²) in [6.07, 6.45) is 0. The van der Waals surface area contributed by atoms with E-state index in [1.165, 1.54) is 0 Å². The molecular formula is C28H27N3O5S. The van der Waals surface area contributed by atoms with Gasteiger partial charge in [0.2, 0.25) is 5.76 Å². The van der Waals surface area contributed by atoms with Gasteiger partial charge in [-0.2, -0.15) is 0 Å². The summed E-state index contributed by atoms with van der Waals surface area (Å²) in [4.78, 5) is 26.3. The molecule has 0 spiro atoms. The number of rotatable bonds is 9. The molecule has 0 saturated heterocycles. The predicted octanol–water partition coefficient (Wildman–Crippen LogP) is 4.13. The standard InChI is InChI=1S/C28H27N3O5S/c1-19-13-20(2)15-23(14-19)37(34,35)18-24-25(27(32)29-16-21-9-5-3-6-10-21)26(36-31-24)28(33)30-17-22-11-7-4-8-12-22/h3-15H,16-18H2,1-2H3,(H,29,32)(H,30,33). The van der Waals surface area contributed by atoms with Crippen LogP contribution in [0.15, 0.2) is 88.3 Å². The van der Waals surface area contributed by atoms with E-state index >= 15 is 0 Å². The van der Waals surface area contributed by atoms with Crippen LogP contribution in [0.1, 0.15) is 48.9 Å². The van der Waals surface area contributed by atoms with Crippen molar-refractivity contribution < 1.29 is 22.5 Å². The Kier molecular flexibility index (Phi) is 7.83. The molecule has 1 heterocycles. The van der Waals surface area contributed by atoms with Crippen molar-refractivity contribution in [1.82, 2.24) is 15.8 Å². The van der Waals surface area contributed by atoms with Crippen LogP contribution >= 0.6 is 0 Å². The molecule has 0 aliphatic rings. The molecule has 9 heteroatoms. The lowest BCUT2D eigenvalue weighted by atomic mass is 10.1. The van der Waals surface area contributed by atoms with E-state index in [4.69, 9.17) is 4.52 Å². The molecule has 37 heavy (non-hydrogen) atoms.